The Morgan fingerprint density at radius 1 is 1.20 bits per heavy atom. The van der Waals surface area contributed by atoms with Gasteiger partial charge in [0.05, 0.1) is 17.1 Å². The van der Waals surface area contributed by atoms with Crippen LogP contribution in [-0.2, 0) is 14.8 Å². The monoisotopic (exact) mass is 369 g/mol. The van der Waals surface area contributed by atoms with Gasteiger partial charge in [-0.05, 0) is 38.1 Å². The number of esters is 1. The predicted octanol–water partition coefficient (Wildman–Crippen LogP) is 3.18. The molecule has 0 fully saturated rings. The summed E-state index contributed by atoms with van der Waals surface area (Å²) in [5.74, 6) is -2.24. The molecule has 0 saturated heterocycles. The molecule has 1 unspecified atom stereocenters. The van der Waals surface area contributed by atoms with Crippen molar-refractivity contribution in [2.75, 3.05) is 6.61 Å². The van der Waals surface area contributed by atoms with E-state index in [1.807, 2.05) is 0 Å². The fourth-order valence-corrected chi connectivity index (χ4v) is 3.49. The molecule has 1 atom stereocenters. The van der Waals surface area contributed by atoms with Gasteiger partial charge in [-0.3, -0.25) is 0 Å². The smallest absolute Gasteiger partial charge is 0.338 e. The van der Waals surface area contributed by atoms with Crippen molar-refractivity contribution in [1.29, 1.82) is 0 Å². The molecule has 0 aromatic heterocycles. The first-order valence-electron chi connectivity index (χ1n) is 7.49. The number of nitrogens with one attached hydrogen (secondary N) is 1. The molecule has 1 N–H and O–H groups in total. The molecule has 0 radical (unpaired) electrons. The topological polar surface area (TPSA) is 72.5 Å². The Morgan fingerprint density at radius 2 is 1.92 bits per heavy atom. The maximum absolute atomic E-state index is 13.8. The second-order valence-electron chi connectivity index (χ2n) is 5.26. The molecule has 2 aromatic carbocycles. The molecule has 2 aromatic rings. The van der Waals surface area contributed by atoms with E-state index in [-0.39, 0.29) is 22.6 Å². The first kappa shape index (κ1) is 19.0. The van der Waals surface area contributed by atoms with Crippen molar-refractivity contribution in [1.82, 2.24) is 4.72 Å². The zero-order valence-electron chi connectivity index (χ0n) is 13.6. The Morgan fingerprint density at radius 3 is 2.56 bits per heavy atom. The largest absolute Gasteiger partial charge is 0.462 e. The Balaban J connectivity index is 2.26. The first-order chi connectivity index (χ1) is 11.7. The van der Waals surface area contributed by atoms with Gasteiger partial charge in [0.1, 0.15) is 11.6 Å². The molecule has 8 heteroatoms. The molecule has 25 heavy (non-hydrogen) atoms. The zero-order valence-corrected chi connectivity index (χ0v) is 14.4. The average Bonchev–Trinajstić information content (AvgIpc) is 2.54. The van der Waals surface area contributed by atoms with Gasteiger partial charge in [-0.2, -0.15) is 0 Å². The number of carbonyl (C=O) groups excluding carboxylic acids is 1. The number of rotatable bonds is 6. The van der Waals surface area contributed by atoms with Gasteiger partial charge in [0.15, 0.2) is 0 Å². The summed E-state index contributed by atoms with van der Waals surface area (Å²) in [5, 5.41) is 0. The first-order valence-corrected chi connectivity index (χ1v) is 8.97. The minimum atomic E-state index is -4.02. The van der Waals surface area contributed by atoms with E-state index >= 15 is 0 Å². The normalized spacial score (nSPS) is 12.6. The number of hydrogen-bond donors (Lipinski definition) is 1. The van der Waals surface area contributed by atoms with Gasteiger partial charge in [0.25, 0.3) is 0 Å². The van der Waals surface area contributed by atoms with Crippen LogP contribution >= 0.6 is 0 Å². The fourth-order valence-electron chi connectivity index (χ4n) is 2.22. The molecule has 0 amide bonds. The Bertz CT molecular complexity index is 884. The summed E-state index contributed by atoms with van der Waals surface area (Å²) < 4.78 is 58.8. The summed E-state index contributed by atoms with van der Waals surface area (Å²) in [6, 6.07) is 7.28. The number of benzene rings is 2. The van der Waals surface area contributed by atoms with Crippen LogP contribution in [0.5, 0.6) is 0 Å². The van der Waals surface area contributed by atoms with E-state index < -0.39 is 33.7 Å². The molecule has 5 nitrogen and oxygen atoms in total. The van der Waals surface area contributed by atoms with Crippen molar-refractivity contribution in [3.63, 3.8) is 0 Å². The summed E-state index contributed by atoms with van der Waals surface area (Å²) >= 11 is 0. The van der Waals surface area contributed by atoms with Gasteiger partial charge < -0.3 is 4.74 Å². The van der Waals surface area contributed by atoms with Gasteiger partial charge >= 0.3 is 5.97 Å². The highest BCUT2D eigenvalue weighted by atomic mass is 32.2. The highest BCUT2D eigenvalue weighted by Crippen LogP contribution is 2.21. The molecular formula is C17H17F2NO4S. The summed E-state index contributed by atoms with van der Waals surface area (Å²) in [5.41, 5.74) is 0.0943. The lowest BCUT2D eigenvalue weighted by molar-refractivity contribution is 0.0526. The second-order valence-corrected chi connectivity index (χ2v) is 6.97. The maximum Gasteiger partial charge on any atom is 0.338 e. The standard InChI is InChI=1S/C17H17F2NO4S/c1-3-24-17(21)12-5-4-6-14(9-12)25(22,23)20-11(2)15-8-7-13(18)10-16(15)19/h4-11,20H,3H2,1-2H3. The van der Waals surface area contributed by atoms with E-state index in [4.69, 9.17) is 4.74 Å². The van der Waals surface area contributed by atoms with Gasteiger partial charge in [0.2, 0.25) is 10.0 Å². The summed E-state index contributed by atoms with van der Waals surface area (Å²) in [7, 11) is -4.02. The molecule has 0 aliphatic carbocycles. The zero-order chi connectivity index (χ0) is 18.6. The SMILES string of the molecule is CCOC(=O)c1cccc(S(=O)(=O)NC(C)c2ccc(F)cc2F)c1. The van der Waals surface area contributed by atoms with Crippen molar-refractivity contribution < 1.29 is 26.7 Å². The second kappa shape index (κ2) is 7.71. The lowest BCUT2D eigenvalue weighted by Crippen LogP contribution is -2.27. The number of carbonyl (C=O) groups is 1. The number of sulfonamides is 1. The van der Waals surface area contributed by atoms with E-state index in [1.54, 1.807) is 6.92 Å². The molecule has 0 aliphatic rings. The van der Waals surface area contributed by atoms with Crippen molar-refractivity contribution >= 4 is 16.0 Å². The van der Waals surface area contributed by atoms with Gasteiger partial charge in [-0.1, -0.05) is 12.1 Å². The Hall–Kier alpha value is -2.32. The highest BCUT2D eigenvalue weighted by Gasteiger charge is 2.22. The fraction of sp³-hybridized carbons (Fsp3) is 0.235. The van der Waals surface area contributed by atoms with E-state index in [9.17, 15) is 22.0 Å². The van der Waals surface area contributed by atoms with Crippen molar-refractivity contribution in [3.8, 4) is 0 Å². The Kier molecular flexibility index (Phi) is 5.86. The van der Waals surface area contributed by atoms with E-state index in [0.717, 1.165) is 6.07 Å². The van der Waals surface area contributed by atoms with Crippen LogP contribution in [-0.4, -0.2) is 21.0 Å². The van der Waals surface area contributed by atoms with Gasteiger partial charge in [-0.15, -0.1) is 0 Å². The third-order valence-electron chi connectivity index (χ3n) is 3.42. The number of halogens is 2. The van der Waals surface area contributed by atoms with Crippen LogP contribution in [0.4, 0.5) is 8.78 Å². The van der Waals surface area contributed by atoms with Crippen LogP contribution in [0.2, 0.25) is 0 Å². The highest BCUT2D eigenvalue weighted by molar-refractivity contribution is 7.89. The predicted molar refractivity (Wildman–Crippen MR) is 87.5 cm³/mol. The Labute approximate surface area is 144 Å². The lowest BCUT2D eigenvalue weighted by Gasteiger charge is -2.16. The van der Waals surface area contributed by atoms with E-state index in [1.165, 1.54) is 37.3 Å². The van der Waals surface area contributed by atoms with Crippen molar-refractivity contribution in [2.45, 2.75) is 24.8 Å². The molecule has 0 spiro atoms. The molecule has 0 heterocycles. The summed E-state index contributed by atoms with van der Waals surface area (Å²) in [4.78, 5) is 11.6. The third kappa shape index (κ3) is 4.61. The lowest BCUT2D eigenvalue weighted by atomic mass is 10.1. The number of hydrogen-bond acceptors (Lipinski definition) is 4. The van der Waals surface area contributed by atoms with Crippen molar-refractivity contribution in [3.05, 3.63) is 65.2 Å². The van der Waals surface area contributed by atoms with E-state index in [2.05, 4.69) is 4.72 Å². The third-order valence-corrected chi connectivity index (χ3v) is 4.95. The minimum Gasteiger partial charge on any atom is -0.462 e. The van der Waals surface area contributed by atoms with Crippen LogP contribution in [0, 0.1) is 11.6 Å². The molecule has 0 bridgehead atoms. The average molecular weight is 369 g/mol. The van der Waals surface area contributed by atoms with Crippen LogP contribution in [0.15, 0.2) is 47.4 Å². The molecule has 0 saturated carbocycles. The van der Waals surface area contributed by atoms with Crippen molar-refractivity contribution in [2.24, 2.45) is 0 Å². The molecular weight excluding hydrogens is 352 g/mol. The maximum atomic E-state index is 13.8. The molecule has 2 rings (SSSR count). The quantitative estimate of drug-likeness (QED) is 0.794. The number of ether oxygens (including phenoxy) is 1. The summed E-state index contributed by atoms with van der Waals surface area (Å²) in [6.45, 7) is 3.23. The van der Waals surface area contributed by atoms with Crippen LogP contribution in [0.25, 0.3) is 0 Å². The molecule has 0 aliphatic heterocycles. The van der Waals surface area contributed by atoms with Gasteiger partial charge in [-0.25, -0.2) is 26.7 Å². The van der Waals surface area contributed by atoms with E-state index in [0.29, 0.717) is 6.07 Å². The van der Waals surface area contributed by atoms with Crippen LogP contribution in [0.3, 0.4) is 0 Å². The minimum absolute atomic E-state index is 0.00604. The molecule has 134 valence electrons. The van der Waals surface area contributed by atoms with Crippen LogP contribution < -0.4 is 4.72 Å². The summed E-state index contributed by atoms with van der Waals surface area (Å²) in [6.07, 6.45) is 0. The van der Waals surface area contributed by atoms with Gasteiger partial charge in [0, 0.05) is 17.7 Å². The van der Waals surface area contributed by atoms with Crippen LogP contribution in [0.1, 0.15) is 35.8 Å².